The molecule has 0 bridgehead atoms. The molecule has 0 rings (SSSR count). The van der Waals surface area contributed by atoms with Crippen molar-refractivity contribution in [2.75, 3.05) is 13.2 Å². The Labute approximate surface area is 475 Å². The van der Waals surface area contributed by atoms with Crippen molar-refractivity contribution in [3.63, 3.8) is 0 Å². The number of rotatable bonds is 56. The second-order valence-corrected chi connectivity index (χ2v) is 20.5. The molecule has 1 atom stereocenters. The molecule has 436 valence electrons. The Morgan fingerprint density at radius 2 is 0.468 bits per heavy atom. The fourth-order valence-corrected chi connectivity index (χ4v) is 8.50. The standard InChI is InChI=1S/C71H116O6/c1-4-7-10-13-16-19-22-25-27-29-31-33-34-35-36-38-39-41-43-46-49-52-55-58-61-64-70(73)76-67-68(66-75-69(72)63-60-57-54-51-48-45-24-21-18-15-12-9-6-3)77-71(74)65-62-59-56-53-50-47-44-42-40-37-32-30-28-26-23-20-17-14-11-8-5-2/h7-12,16-21,25-28,31-33,37,45,48,68H,4-6,13-15,22-24,29-30,34-36,38-44,46-47,49-67H2,1-3H3/b10-7-,11-8-,12-9-,19-16-,20-17-,21-18-,27-25-,28-26-,33-31-,37-32-,48-45-. The van der Waals surface area contributed by atoms with Crippen molar-refractivity contribution in [2.24, 2.45) is 0 Å². The van der Waals surface area contributed by atoms with E-state index < -0.39 is 6.10 Å². The molecule has 0 saturated carbocycles. The van der Waals surface area contributed by atoms with Gasteiger partial charge in [0.15, 0.2) is 6.10 Å². The molecule has 0 aliphatic heterocycles. The third kappa shape index (κ3) is 62.3. The van der Waals surface area contributed by atoms with E-state index in [9.17, 15) is 14.4 Å². The Morgan fingerprint density at radius 3 is 0.740 bits per heavy atom. The highest BCUT2D eigenvalue weighted by Crippen LogP contribution is 2.16. The van der Waals surface area contributed by atoms with Crippen LogP contribution in [0.1, 0.15) is 278 Å². The molecule has 0 aliphatic rings. The molecule has 0 aromatic carbocycles. The highest BCUT2D eigenvalue weighted by Gasteiger charge is 2.19. The normalized spacial score (nSPS) is 13.0. The molecule has 0 aromatic heterocycles. The van der Waals surface area contributed by atoms with Crippen molar-refractivity contribution in [3.8, 4) is 0 Å². The summed E-state index contributed by atoms with van der Waals surface area (Å²) in [6.07, 6.45) is 90.3. The van der Waals surface area contributed by atoms with Gasteiger partial charge in [-0.05, 0) is 128 Å². The van der Waals surface area contributed by atoms with Gasteiger partial charge in [0.2, 0.25) is 0 Å². The van der Waals surface area contributed by atoms with Gasteiger partial charge in [0.1, 0.15) is 13.2 Å². The van der Waals surface area contributed by atoms with E-state index in [1.807, 2.05) is 0 Å². The van der Waals surface area contributed by atoms with Gasteiger partial charge in [-0.1, -0.05) is 264 Å². The zero-order valence-corrected chi connectivity index (χ0v) is 49.9. The van der Waals surface area contributed by atoms with Gasteiger partial charge in [-0.25, -0.2) is 0 Å². The van der Waals surface area contributed by atoms with Crippen LogP contribution in [0.2, 0.25) is 0 Å². The van der Waals surface area contributed by atoms with Gasteiger partial charge in [0, 0.05) is 19.3 Å². The summed E-state index contributed by atoms with van der Waals surface area (Å²) < 4.78 is 16.9. The Kier molecular flexibility index (Phi) is 60.4. The Balaban J connectivity index is 4.36. The maximum absolute atomic E-state index is 12.9. The van der Waals surface area contributed by atoms with Crippen LogP contribution < -0.4 is 0 Å². The number of hydrogen-bond donors (Lipinski definition) is 0. The van der Waals surface area contributed by atoms with Gasteiger partial charge in [0.25, 0.3) is 0 Å². The number of esters is 3. The summed E-state index contributed by atoms with van der Waals surface area (Å²) in [5.74, 6) is -0.933. The molecule has 0 amide bonds. The van der Waals surface area contributed by atoms with Gasteiger partial charge < -0.3 is 14.2 Å². The van der Waals surface area contributed by atoms with Crippen molar-refractivity contribution in [3.05, 3.63) is 134 Å². The van der Waals surface area contributed by atoms with Crippen molar-refractivity contribution < 1.29 is 28.6 Å². The average molecular weight is 1070 g/mol. The van der Waals surface area contributed by atoms with Crippen molar-refractivity contribution in [2.45, 2.75) is 284 Å². The maximum atomic E-state index is 12.9. The number of unbranched alkanes of at least 4 members (excludes halogenated alkanes) is 23. The van der Waals surface area contributed by atoms with E-state index in [0.717, 1.165) is 141 Å². The molecule has 0 aromatic rings. The van der Waals surface area contributed by atoms with Gasteiger partial charge in [-0.15, -0.1) is 0 Å². The van der Waals surface area contributed by atoms with Crippen LogP contribution in [0.4, 0.5) is 0 Å². The highest BCUT2D eigenvalue weighted by atomic mass is 16.6. The molecular weight excluding hydrogens is 949 g/mol. The smallest absolute Gasteiger partial charge is 0.306 e. The average Bonchev–Trinajstić information content (AvgIpc) is 3.43. The number of ether oxygens (including phenoxy) is 3. The van der Waals surface area contributed by atoms with Crippen molar-refractivity contribution in [1.29, 1.82) is 0 Å². The summed E-state index contributed by atoms with van der Waals surface area (Å²) in [4.78, 5) is 38.3. The summed E-state index contributed by atoms with van der Waals surface area (Å²) in [5.41, 5.74) is 0. The second kappa shape index (κ2) is 64.1. The molecule has 0 radical (unpaired) electrons. The first-order valence-electron chi connectivity index (χ1n) is 31.7. The molecule has 6 nitrogen and oxygen atoms in total. The van der Waals surface area contributed by atoms with E-state index in [4.69, 9.17) is 14.2 Å². The first-order valence-corrected chi connectivity index (χ1v) is 31.7. The largest absolute Gasteiger partial charge is 0.462 e. The summed E-state index contributed by atoms with van der Waals surface area (Å²) in [5, 5.41) is 0. The van der Waals surface area contributed by atoms with Crippen LogP contribution in [0.5, 0.6) is 0 Å². The molecule has 0 spiro atoms. The lowest BCUT2D eigenvalue weighted by molar-refractivity contribution is -0.167. The van der Waals surface area contributed by atoms with Gasteiger partial charge in [-0.3, -0.25) is 14.4 Å². The predicted molar refractivity (Wildman–Crippen MR) is 334 cm³/mol. The number of carbonyl (C=O) groups excluding carboxylic acids is 3. The molecule has 77 heavy (non-hydrogen) atoms. The lowest BCUT2D eigenvalue weighted by Gasteiger charge is -2.18. The minimum Gasteiger partial charge on any atom is -0.462 e. The minimum absolute atomic E-state index is 0.0949. The third-order valence-corrected chi connectivity index (χ3v) is 13.1. The van der Waals surface area contributed by atoms with E-state index in [-0.39, 0.29) is 31.1 Å². The minimum atomic E-state index is -0.801. The first kappa shape index (κ1) is 72.5. The Morgan fingerprint density at radius 1 is 0.260 bits per heavy atom. The Bertz CT molecular complexity index is 1650. The maximum Gasteiger partial charge on any atom is 0.306 e. The summed E-state index contributed by atoms with van der Waals surface area (Å²) in [6.45, 7) is 6.28. The molecule has 0 fully saturated rings. The second-order valence-electron chi connectivity index (χ2n) is 20.5. The van der Waals surface area contributed by atoms with Crippen LogP contribution in [0.15, 0.2) is 134 Å². The SMILES string of the molecule is CC/C=C\C/C=C\C/C=C\C/C=C\CCCCCCCCCCCCCCC(=O)OCC(COC(=O)CCCCC/C=C\C/C=C\C/C=C\CC)OC(=O)CCCCCCCCCC/C=C\C/C=C\C/C=C\C/C=C\CC. The predicted octanol–water partition coefficient (Wildman–Crippen LogP) is 21.8. The third-order valence-electron chi connectivity index (χ3n) is 13.1. The zero-order chi connectivity index (χ0) is 55.7. The topological polar surface area (TPSA) is 78.9 Å². The first-order chi connectivity index (χ1) is 38.0. The van der Waals surface area contributed by atoms with Crippen LogP contribution in [0, 0.1) is 0 Å². The molecule has 0 N–H and O–H groups in total. The van der Waals surface area contributed by atoms with Crippen LogP contribution in [0.3, 0.4) is 0 Å². The van der Waals surface area contributed by atoms with Gasteiger partial charge in [-0.2, -0.15) is 0 Å². The fraction of sp³-hybridized carbons (Fsp3) is 0.648. The molecule has 6 heteroatoms. The van der Waals surface area contributed by atoms with E-state index >= 15 is 0 Å². The van der Waals surface area contributed by atoms with Gasteiger partial charge >= 0.3 is 17.9 Å². The molecule has 1 unspecified atom stereocenters. The van der Waals surface area contributed by atoms with Crippen LogP contribution in [-0.2, 0) is 28.6 Å². The lowest BCUT2D eigenvalue weighted by atomic mass is 10.0. The summed E-state index contributed by atoms with van der Waals surface area (Å²) >= 11 is 0. The van der Waals surface area contributed by atoms with E-state index in [1.165, 1.54) is 96.3 Å². The van der Waals surface area contributed by atoms with Crippen LogP contribution in [0.25, 0.3) is 0 Å². The number of carbonyl (C=O) groups is 3. The Hall–Kier alpha value is -4.45. The molecule has 0 saturated heterocycles. The van der Waals surface area contributed by atoms with E-state index in [0.29, 0.717) is 19.3 Å². The molecule has 0 aliphatic carbocycles. The number of allylic oxidation sites excluding steroid dienone is 22. The van der Waals surface area contributed by atoms with Crippen LogP contribution in [-0.4, -0.2) is 37.2 Å². The molecule has 0 heterocycles. The summed E-state index contributed by atoms with van der Waals surface area (Å²) in [6, 6.07) is 0. The van der Waals surface area contributed by atoms with Crippen molar-refractivity contribution in [1.82, 2.24) is 0 Å². The lowest BCUT2D eigenvalue weighted by Crippen LogP contribution is -2.30. The van der Waals surface area contributed by atoms with Crippen molar-refractivity contribution >= 4 is 17.9 Å². The van der Waals surface area contributed by atoms with E-state index in [1.54, 1.807) is 0 Å². The summed E-state index contributed by atoms with van der Waals surface area (Å²) in [7, 11) is 0. The van der Waals surface area contributed by atoms with Crippen LogP contribution >= 0.6 is 0 Å². The fourth-order valence-electron chi connectivity index (χ4n) is 8.50. The van der Waals surface area contributed by atoms with E-state index in [2.05, 4.69) is 154 Å². The van der Waals surface area contributed by atoms with Gasteiger partial charge in [0.05, 0.1) is 0 Å². The molecular formula is C71H116O6. The quantitative estimate of drug-likeness (QED) is 0.0261. The highest BCUT2D eigenvalue weighted by molar-refractivity contribution is 5.71. The zero-order valence-electron chi connectivity index (χ0n) is 49.9. The monoisotopic (exact) mass is 1060 g/mol. The number of hydrogen-bond acceptors (Lipinski definition) is 6.